The van der Waals surface area contributed by atoms with E-state index in [0.29, 0.717) is 16.3 Å². The number of nitrogens with one attached hydrogen (secondary N) is 1. The van der Waals surface area contributed by atoms with Crippen LogP contribution in [0.15, 0.2) is 47.0 Å². The highest BCUT2D eigenvalue weighted by Crippen LogP contribution is 2.51. The Morgan fingerprint density at radius 1 is 1.12 bits per heavy atom. The molecule has 3 rings (SSSR count). The Kier molecular flexibility index (Phi) is 6.98. The molecule has 0 radical (unpaired) electrons. The maximum atomic E-state index is 13.6. The van der Waals surface area contributed by atoms with E-state index in [1.54, 1.807) is 19.2 Å². The highest BCUT2D eigenvalue weighted by molar-refractivity contribution is 7.10. The normalized spacial score (nSPS) is 22.7. The van der Waals surface area contributed by atoms with Gasteiger partial charge >= 0.3 is 17.9 Å². The molecule has 1 N–H and O–H groups in total. The van der Waals surface area contributed by atoms with Crippen molar-refractivity contribution < 1.29 is 28.6 Å². The fraction of sp³-hybridized carbons (Fsp3) is 0.391. The Bertz CT molecular complexity index is 1050. The third kappa shape index (κ3) is 3.77. The molecule has 32 heavy (non-hydrogen) atoms. The Balaban J connectivity index is 2.34. The predicted molar refractivity (Wildman–Crippen MR) is 118 cm³/mol. The zero-order valence-electron chi connectivity index (χ0n) is 18.6. The zero-order valence-corrected chi connectivity index (χ0v) is 19.4. The molecule has 0 saturated carbocycles. The molecule has 0 aliphatic carbocycles. The lowest BCUT2D eigenvalue weighted by Gasteiger charge is -2.46. The van der Waals surface area contributed by atoms with Gasteiger partial charge in [-0.1, -0.05) is 30.3 Å². The smallest absolute Gasteiger partial charge is 0.357 e. The van der Waals surface area contributed by atoms with Crippen LogP contribution in [0.25, 0.3) is 0 Å². The Labute approximate surface area is 190 Å². The van der Waals surface area contributed by atoms with E-state index in [-0.39, 0.29) is 12.3 Å². The summed E-state index contributed by atoms with van der Waals surface area (Å²) in [6, 6.07) is 8.69. The highest BCUT2D eigenvalue weighted by Gasteiger charge is 2.60. The minimum absolute atomic E-state index is 0.0973. The van der Waals surface area contributed by atoms with Gasteiger partial charge in [-0.25, -0.2) is 14.6 Å². The number of allylic oxidation sites excluding steroid dienone is 1. The van der Waals surface area contributed by atoms with Gasteiger partial charge < -0.3 is 19.5 Å². The van der Waals surface area contributed by atoms with Gasteiger partial charge in [0.15, 0.2) is 11.1 Å². The van der Waals surface area contributed by atoms with E-state index in [9.17, 15) is 14.4 Å². The predicted octanol–water partition coefficient (Wildman–Crippen LogP) is 2.95. The number of thiazole rings is 1. The van der Waals surface area contributed by atoms with Crippen LogP contribution in [0, 0.1) is 0 Å². The monoisotopic (exact) mass is 458 g/mol. The van der Waals surface area contributed by atoms with Gasteiger partial charge in [0.2, 0.25) is 0 Å². The van der Waals surface area contributed by atoms with Gasteiger partial charge in [-0.15, -0.1) is 11.3 Å². The molecule has 1 aliphatic rings. The summed E-state index contributed by atoms with van der Waals surface area (Å²) in [4.78, 5) is 43.3. The van der Waals surface area contributed by atoms with Crippen molar-refractivity contribution >= 4 is 29.2 Å². The molecular formula is C23H26N2O6S. The van der Waals surface area contributed by atoms with Crippen molar-refractivity contribution in [3.63, 3.8) is 0 Å². The Morgan fingerprint density at radius 2 is 1.81 bits per heavy atom. The van der Waals surface area contributed by atoms with Crippen molar-refractivity contribution in [1.29, 1.82) is 0 Å². The number of carbonyl (C=O) groups excluding carboxylic acids is 3. The number of ether oxygens (including phenoxy) is 3. The second kappa shape index (κ2) is 9.52. The molecule has 3 unspecified atom stereocenters. The molecule has 170 valence electrons. The van der Waals surface area contributed by atoms with Crippen molar-refractivity contribution in [3.8, 4) is 0 Å². The molecule has 0 spiro atoms. The van der Waals surface area contributed by atoms with Crippen LogP contribution in [-0.2, 0) is 29.2 Å². The largest absolute Gasteiger partial charge is 0.468 e. The lowest BCUT2D eigenvalue weighted by atomic mass is 9.62. The van der Waals surface area contributed by atoms with Gasteiger partial charge in [-0.2, -0.15) is 0 Å². The summed E-state index contributed by atoms with van der Waals surface area (Å²) in [7, 11) is 2.59. The number of esters is 3. The average molecular weight is 459 g/mol. The SMILES string of the molecule is CCOC(=O)c1csc(C2(C(=O)OC)C(C)NC(C)=C(C(=O)OC)C2c2ccccc2)n1. The number of aromatic nitrogens is 1. The second-order valence-corrected chi connectivity index (χ2v) is 8.22. The molecule has 8 nitrogen and oxygen atoms in total. The van der Waals surface area contributed by atoms with E-state index in [2.05, 4.69) is 10.3 Å². The third-order valence-corrected chi connectivity index (χ3v) is 6.66. The summed E-state index contributed by atoms with van der Waals surface area (Å²) in [6.45, 7) is 5.50. The fourth-order valence-electron chi connectivity index (χ4n) is 4.29. The van der Waals surface area contributed by atoms with Crippen LogP contribution in [0.3, 0.4) is 0 Å². The molecule has 9 heteroatoms. The number of methoxy groups -OCH3 is 2. The van der Waals surface area contributed by atoms with Gasteiger partial charge in [0.1, 0.15) is 5.01 Å². The minimum Gasteiger partial charge on any atom is -0.468 e. The lowest BCUT2D eigenvalue weighted by molar-refractivity contribution is -0.150. The van der Waals surface area contributed by atoms with Crippen LogP contribution in [0.1, 0.15) is 47.7 Å². The van der Waals surface area contributed by atoms with Gasteiger partial charge in [0, 0.05) is 23.0 Å². The first kappa shape index (κ1) is 23.5. The van der Waals surface area contributed by atoms with Crippen molar-refractivity contribution in [2.24, 2.45) is 0 Å². The standard InChI is InChI=1S/C23H26N2O6S/c1-6-31-19(26)16-12-32-21(25-16)23(22(28)30-5)14(3)24-13(2)17(20(27)29-4)18(23)15-10-8-7-9-11-15/h7-12,14,18,24H,6H2,1-5H3. The quantitative estimate of drug-likeness (QED) is 0.521. The number of benzene rings is 1. The van der Waals surface area contributed by atoms with Crippen molar-refractivity contribution in [2.45, 2.75) is 38.1 Å². The first-order valence-electron chi connectivity index (χ1n) is 10.1. The summed E-state index contributed by atoms with van der Waals surface area (Å²) in [5, 5.41) is 5.14. The second-order valence-electron chi connectivity index (χ2n) is 7.36. The summed E-state index contributed by atoms with van der Waals surface area (Å²) >= 11 is 1.15. The first-order chi connectivity index (χ1) is 15.3. The van der Waals surface area contributed by atoms with E-state index in [4.69, 9.17) is 14.2 Å². The van der Waals surface area contributed by atoms with Crippen LogP contribution >= 0.6 is 11.3 Å². The molecule has 1 aliphatic heterocycles. The Morgan fingerprint density at radius 3 is 2.41 bits per heavy atom. The lowest BCUT2D eigenvalue weighted by Crippen LogP contribution is -2.60. The van der Waals surface area contributed by atoms with Crippen LogP contribution in [0.5, 0.6) is 0 Å². The van der Waals surface area contributed by atoms with Crippen molar-refractivity contribution in [1.82, 2.24) is 10.3 Å². The van der Waals surface area contributed by atoms with Crippen molar-refractivity contribution in [2.75, 3.05) is 20.8 Å². The topological polar surface area (TPSA) is 104 Å². The summed E-state index contributed by atoms with van der Waals surface area (Å²) in [6.07, 6.45) is 0. The molecule has 1 aromatic carbocycles. The van der Waals surface area contributed by atoms with Gasteiger partial charge in [0.05, 0.1) is 26.4 Å². The molecular weight excluding hydrogens is 432 g/mol. The van der Waals surface area contributed by atoms with E-state index in [1.807, 2.05) is 37.3 Å². The molecule has 0 bridgehead atoms. The molecule has 3 atom stereocenters. The van der Waals surface area contributed by atoms with E-state index < -0.39 is 35.3 Å². The molecule has 2 heterocycles. The average Bonchev–Trinajstić information content (AvgIpc) is 3.29. The van der Waals surface area contributed by atoms with Crippen molar-refractivity contribution in [3.05, 3.63) is 63.2 Å². The van der Waals surface area contributed by atoms with E-state index >= 15 is 0 Å². The number of hydrogen-bond donors (Lipinski definition) is 1. The number of nitrogens with zero attached hydrogens (tertiary/aromatic N) is 1. The zero-order chi connectivity index (χ0) is 23.5. The third-order valence-electron chi connectivity index (χ3n) is 5.67. The number of rotatable bonds is 6. The fourth-order valence-corrected chi connectivity index (χ4v) is 5.38. The molecule has 2 aromatic rings. The van der Waals surface area contributed by atoms with Gasteiger partial charge in [-0.05, 0) is 26.3 Å². The summed E-state index contributed by atoms with van der Waals surface area (Å²) < 4.78 is 15.4. The summed E-state index contributed by atoms with van der Waals surface area (Å²) in [5.41, 5.74) is 0.281. The number of carbonyl (C=O) groups is 3. The maximum Gasteiger partial charge on any atom is 0.357 e. The molecule has 0 saturated heterocycles. The van der Waals surface area contributed by atoms with Crippen LogP contribution in [0.2, 0.25) is 0 Å². The maximum absolute atomic E-state index is 13.6. The molecule has 0 amide bonds. The van der Waals surface area contributed by atoms with Gasteiger partial charge in [0.25, 0.3) is 0 Å². The van der Waals surface area contributed by atoms with Crippen LogP contribution < -0.4 is 5.32 Å². The van der Waals surface area contributed by atoms with Crippen LogP contribution in [-0.4, -0.2) is 49.8 Å². The molecule has 0 fully saturated rings. The Hall–Kier alpha value is -3.20. The highest BCUT2D eigenvalue weighted by atomic mass is 32.1. The minimum atomic E-state index is -1.44. The number of hydrogen-bond acceptors (Lipinski definition) is 9. The molecule has 1 aromatic heterocycles. The van der Waals surface area contributed by atoms with Crippen LogP contribution in [0.4, 0.5) is 0 Å². The van der Waals surface area contributed by atoms with E-state index in [0.717, 1.165) is 16.9 Å². The first-order valence-corrected chi connectivity index (χ1v) is 11.0. The van der Waals surface area contributed by atoms with Gasteiger partial charge in [-0.3, -0.25) is 4.79 Å². The summed E-state index contributed by atoms with van der Waals surface area (Å²) in [5.74, 6) is -2.49. The van der Waals surface area contributed by atoms with E-state index in [1.165, 1.54) is 14.2 Å².